The van der Waals surface area contributed by atoms with Gasteiger partial charge in [-0.2, -0.15) is 0 Å². The normalized spacial score (nSPS) is 11.5. The van der Waals surface area contributed by atoms with Crippen LogP contribution < -0.4 is 5.32 Å². The van der Waals surface area contributed by atoms with Crippen LogP contribution in [0.4, 0.5) is 0 Å². The highest BCUT2D eigenvalue weighted by Gasteiger charge is 2.28. The number of carbonyl (C=O) groups is 1. The summed E-state index contributed by atoms with van der Waals surface area (Å²) in [6.45, 7) is 13.8. The van der Waals surface area contributed by atoms with Crippen LogP contribution in [0.25, 0.3) is 34.8 Å². The Morgan fingerprint density at radius 3 is 1.55 bits per heavy atom. The van der Waals surface area contributed by atoms with Crippen molar-refractivity contribution in [3.63, 3.8) is 0 Å². The van der Waals surface area contributed by atoms with Gasteiger partial charge >= 0.3 is 0 Å². The molecule has 5 aromatic rings. The molecule has 0 aromatic carbocycles. The Bertz CT molecular complexity index is 1700. The molecule has 1 N–H and O–H groups in total. The topological polar surface area (TPSA) is 159 Å². The summed E-state index contributed by atoms with van der Waals surface area (Å²) in [4.78, 5) is 36.0. The molecule has 5 rings (SSSR count). The summed E-state index contributed by atoms with van der Waals surface area (Å²) in [5, 5.41) is 2.83. The van der Waals surface area contributed by atoms with E-state index in [1.807, 2.05) is 48.5 Å². The fraction of sp³-hybridized carbons (Fsp3) is 0.467. The predicted molar refractivity (Wildman–Crippen MR) is 152 cm³/mol. The standard InChI is InChI=1S/C30H36N6O6/c1-8-16-15(7)32-22(38-16)14-31-27(37)23-17(9-2)40-29(34-23)25-19(11-4)42-30(36-25)26-20(12-5)41-28(35-26)24-18(10-3)39-21(13-6)33-24/h8-14H2,1-7H3,(H,31,37). The average molecular weight is 577 g/mol. The summed E-state index contributed by atoms with van der Waals surface area (Å²) in [5.74, 6) is 4.63. The van der Waals surface area contributed by atoms with Gasteiger partial charge in [0.1, 0.15) is 28.8 Å². The van der Waals surface area contributed by atoms with Crippen LogP contribution in [0.2, 0.25) is 0 Å². The summed E-state index contributed by atoms with van der Waals surface area (Å²) < 4.78 is 29.8. The van der Waals surface area contributed by atoms with Crippen LogP contribution in [0.3, 0.4) is 0 Å². The van der Waals surface area contributed by atoms with Gasteiger partial charge in [0.05, 0.1) is 12.2 Å². The lowest BCUT2D eigenvalue weighted by Gasteiger charge is -2.00. The van der Waals surface area contributed by atoms with Crippen LogP contribution in [0.15, 0.2) is 22.1 Å². The third kappa shape index (κ3) is 5.40. The molecule has 0 fully saturated rings. The van der Waals surface area contributed by atoms with E-state index in [1.165, 1.54) is 0 Å². The first-order valence-corrected chi connectivity index (χ1v) is 14.6. The quantitative estimate of drug-likeness (QED) is 0.179. The summed E-state index contributed by atoms with van der Waals surface area (Å²) in [6.07, 6.45) is 3.60. The molecule has 0 saturated heterocycles. The molecule has 5 aromatic heterocycles. The molecular weight excluding hydrogens is 540 g/mol. The molecule has 0 aliphatic heterocycles. The molecule has 5 heterocycles. The SMILES string of the molecule is CCc1nc(-c2nc(-c3nc(-c4nc(C(=O)NCc5nc(C)c(CC)o5)c(CC)o4)c(CC)o3)c(CC)o2)c(CC)o1. The van der Waals surface area contributed by atoms with Crippen molar-refractivity contribution in [2.75, 3.05) is 0 Å². The molecule has 0 aliphatic carbocycles. The van der Waals surface area contributed by atoms with Crippen molar-refractivity contribution in [3.8, 4) is 34.8 Å². The molecule has 222 valence electrons. The molecule has 12 nitrogen and oxygen atoms in total. The zero-order chi connectivity index (χ0) is 30.0. The lowest BCUT2D eigenvalue weighted by atomic mass is 10.2. The Kier molecular flexibility index (Phi) is 8.41. The maximum Gasteiger partial charge on any atom is 0.273 e. The van der Waals surface area contributed by atoms with E-state index in [-0.39, 0.29) is 24.0 Å². The van der Waals surface area contributed by atoms with Crippen molar-refractivity contribution in [3.05, 3.63) is 52.0 Å². The van der Waals surface area contributed by atoms with Crippen LogP contribution >= 0.6 is 0 Å². The zero-order valence-electron chi connectivity index (χ0n) is 25.1. The number of hydrogen-bond donors (Lipinski definition) is 1. The monoisotopic (exact) mass is 576 g/mol. The van der Waals surface area contributed by atoms with Crippen molar-refractivity contribution in [1.82, 2.24) is 30.2 Å². The van der Waals surface area contributed by atoms with Gasteiger partial charge in [-0.1, -0.05) is 41.5 Å². The van der Waals surface area contributed by atoms with Crippen LogP contribution in [-0.2, 0) is 45.1 Å². The van der Waals surface area contributed by atoms with Crippen LogP contribution in [0, 0.1) is 6.92 Å². The lowest BCUT2D eigenvalue weighted by Crippen LogP contribution is -2.24. The van der Waals surface area contributed by atoms with E-state index in [4.69, 9.17) is 32.1 Å². The Balaban J connectivity index is 1.45. The van der Waals surface area contributed by atoms with Gasteiger partial charge < -0.3 is 27.4 Å². The van der Waals surface area contributed by atoms with Crippen LogP contribution in [0.5, 0.6) is 0 Å². The second-order valence-electron chi connectivity index (χ2n) is 9.67. The lowest BCUT2D eigenvalue weighted by molar-refractivity contribution is 0.0940. The summed E-state index contributed by atoms with van der Waals surface area (Å²) in [6, 6.07) is 0. The molecule has 0 saturated carbocycles. The highest BCUT2D eigenvalue weighted by atomic mass is 16.4. The third-order valence-electron chi connectivity index (χ3n) is 6.90. The fourth-order valence-electron chi connectivity index (χ4n) is 4.68. The maximum absolute atomic E-state index is 13.1. The summed E-state index contributed by atoms with van der Waals surface area (Å²) in [7, 11) is 0. The van der Waals surface area contributed by atoms with Gasteiger partial charge in [-0.25, -0.2) is 24.9 Å². The van der Waals surface area contributed by atoms with Gasteiger partial charge in [0.2, 0.25) is 23.6 Å². The molecule has 0 bridgehead atoms. The van der Waals surface area contributed by atoms with Crippen LogP contribution in [0.1, 0.15) is 98.3 Å². The molecule has 42 heavy (non-hydrogen) atoms. The third-order valence-corrected chi connectivity index (χ3v) is 6.90. The van der Waals surface area contributed by atoms with Gasteiger partial charge in [0, 0.05) is 38.5 Å². The van der Waals surface area contributed by atoms with Crippen LogP contribution in [-0.4, -0.2) is 30.8 Å². The number of aromatic nitrogens is 5. The number of hydrogen-bond acceptors (Lipinski definition) is 11. The van der Waals surface area contributed by atoms with Crippen molar-refractivity contribution < 1.29 is 26.9 Å². The Morgan fingerprint density at radius 1 is 0.548 bits per heavy atom. The van der Waals surface area contributed by atoms with Crippen molar-refractivity contribution >= 4 is 5.91 Å². The number of carbonyl (C=O) groups excluding carboxylic acids is 1. The smallest absolute Gasteiger partial charge is 0.273 e. The molecule has 0 spiro atoms. The number of amides is 1. The average Bonchev–Trinajstić information content (AvgIpc) is 3.83. The van der Waals surface area contributed by atoms with E-state index < -0.39 is 5.91 Å². The van der Waals surface area contributed by atoms with E-state index in [1.54, 1.807) is 0 Å². The van der Waals surface area contributed by atoms with Gasteiger partial charge in [0.25, 0.3) is 5.91 Å². The first kappa shape index (κ1) is 29.0. The van der Waals surface area contributed by atoms with Gasteiger partial charge in [-0.15, -0.1) is 0 Å². The molecule has 1 amide bonds. The largest absolute Gasteiger partial charge is 0.445 e. The highest BCUT2D eigenvalue weighted by molar-refractivity contribution is 5.93. The Morgan fingerprint density at radius 2 is 1.02 bits per heavy atom. The number of oxazole rings is 5. The zero-order valence-corrected chi connectivity index (χ0v) is 25.1. The first-order valence-electron chi connectivity index (χ1n) is 14.6. The number of nitrogens with zero attached hydrogens (tertiary/aromatic N) is 5. The number of nitrogens with one attached hydrogen (secondary N) is 1. The molecular formula is C30H36N6O6. The molecule has 0 radical (unpaired) electrons. The Labute approximate surface area is 243 Å². The van der Waals surface area contributed by atoms with E-state index >= 15 is 0 Å². The van der Waals surface area contributed by atoms with Gasteiger partial charge in [-0.3, -0.25) is 4.79 Å². The van der Waals surface area contributed by atoms with E-state index in [9.17, 15) is 4.79 Å². The molecule has 0 unspecified atom stereocenters. The summed E-state index contributed by atoms with van der Waals surface area (Å²) in [5.41, 5.74) is 2.47. The van der Waals surface area contributed by atoms with Gasteiger partial charge in [-0.05, 0) is 6.92 Å². The predicted octanol–water partition coefficient (Wildman–Crippen LogP) is 6.24. The fourth-order valence-corrected chi connectivity index (χ4v) is 4.68. The van der Waals surface area contributed by atoms with Crippen molar-refractivity contribution in [2.45, 2.75) is 93.5 Å². The molecule has 12 heteroatoms. The van der Waals surface area contributed by atoms with E-state index in [0.717, 1.165) is 17.9 Å². The minimum absolute atomic E-state index is 0.138. The number of rotatable bonds is 12. The second kappa shape index (κ2) is 12.2. The molecule has 0 aliphatic rings. The second-order valence-corrected chi connectivity index (χ2v) is 9.67. The van der Waals surface area contributed by atoms with Crippen molar-refractivity contribution in [2.24, 2.45) is 0 Å². The van der Waals surface area contributed by atoms with E-state index in [0.29, 0.717) is 89.9 Å². The van der Waals surface area contributed by atoms with E-state index in [2.05, 4.69) is 20.3 Å². The first-order chi connectivity index (χ1) is 20.3. The highest BCUT2D eigenvalue weighted by Crippen LogP contribution is 2.35. The minimum atomic E-state index is -0.391. The molecule has 0 atom stereocenters. The summed E-state index contributed by atoms with van der Waals surface area (Å²) >= 11 is 0. The maximum atomic E-state index is 13.1. The minimum Gasteiger partial charge on any atom is -0.445 e. The Hall–Kier alpha value is -4.48. The number of aryl methyl sites for hydroxylation is 7. The van der Waals surface area contributed by atoms with Crippen molar-refractivity contribution in [1.29, 1.82) is 0 Å². The van der Waals surface area contributed by atoms with Gasteiger partial charge in [0.15, 0.2) is 28.7 Å².